The molecule has 1 aromatic rings. The van der Waals surface area contributed by atoms with Crippen molar-refractivity contribution in [2.24, 2.45) is 0 Å². The number of benzene rings is 1. The molecule has 1 unspecified atom stereocenters. The van der Waals surface area contributed by atoms with Crippen molar-refractivity contribution in [3.05, 3.63) is 23.8 Å². The second kappa shape index (κ2) is 4.36. The van der Waals surface area contributed by atoms with Crippen molar-refractivity contribution in [3.63, 3.8) is 0 Å². The highest BCUT2D eigenvalue weighted by molar-refractivity contribution is 5.62. The molecule has 1 heterocycles. The van der Waals surface area contributed by atoms with Gasteiger partial charge in [-0.1, -0.05) is 19.9 Å². The van der Waals surface area contributed by atoms with E-state index in [2.05, 4.69) is 50.8 Å². The summed E-state index contributed by atoms with van der Waals surface area (Å²) in [6.07, 6.45) is 0. The Hall–Kier alpha value is -1.18. The summed E-state index contributed by atoms with van der Waals surface area (Å²) >= 11 is 0. The molecule has 0 bridgehead atoms. The molecule has 0 fully saturated rings. The van der Waals surface area contributed by atoms with Crippen LogP contribution in [0.3, 0.4) is 0 Å². The Balaban J connectivity index is 2.38. The normalized spacial score (nSPS) is 19.6. The number of hydrogen-bond donors (Lipinski definition) is 0. The maximum absolute atomic E-state index is 5.82. The molecule has 2 rings (SSSR count). The van der Waals surface area contributed by atoms with Crippen LogP contribution in [-0.4, -0.2) is 19.2 Å². The molecular weight excluding hydrogens is 198 g/mol. The third kappa shape index (κ3) is 1.89. The molecule has 1 aromatic carbocycles. The average Bonchev–Trinajstić information content (AvgIpc) is 2.28. The van der Waals surface area contributed by atoms with Crippen molar-refractivity contribution in [2.75, 3.05) is 18.1 Å². The van der Waals surface area contributed by atoms with Gasteiger partial charge < -0.3 is 9.64 Å². The van der Waals surface area contributed by atoms with E-state index in [1.165, 1.54) is 11.3 Å². The van der Waals surface area contributed by atoms with Crippen molar-refractivity contribution >= 4 is 5.69 Å². The summed E-state index contributed by atoms with van der Waals surface area (Å²) in [6, 6.07) is 7.08. The van der Waals surface area contributed by atoms with Crippen LogP contribution in [0.1, 0.15) is 39.2 Å². The molecule has 88 valence electrons. The quantitative estimate of drug-likeness (QED) is 0.755. The lowest BCUT2D eigenvalue weighted by Gasteiger charge is -2.36. The van der Waals surface area contributed by atoms with Gasteiger partial charge in [-0.25, -0.2) is 0 Å². The Labute approximate surface area is 98.2 Å². The Bertz CT molecular complexity index is 373. The zero-order valence-corrected chi connectivity index (χ0v) is 10.7. The van der Waals surface area contributed by atoms with Crippen molar-refractivity contribution in [1.29, 1.82) is 0 Å². The maximum Gasteiger partial charge on any atom is 0.142 e. The highest BCUT2D eigenvalue weighted by Gasteiger charge is 2.23. The van der Waals surface area contributed by atoms with Crippen molar-refractivity contribution in [2.45, 2.75) is 39.7 Å². The molecule has 16 heavy (non-hydrogen) atoms. The van der Waals surface area contributed by atoms with E-state index < -0.39 is 0 Å². The van der Waals surface area contributed by atoms with Crippen molar-refractivity contribution in [3.8, 4) is 5.75 Å². The minimum atomic E-state index is 0.474. The zero-order valence-electron chi connectivity index (χ0n) is 10.7. The molecule has 0 N–H and O–H groups in total. The molecule has 0 saturated heterocycles. The summed E-state index contributed by atoms with van der Waals surface area (Å²) in [4.78, 5) is 2.41. The highest BCUT2D eigenvalue weighted by Crippen LogP contribution is 2.35. The second-order valence-corrected chi connectivity index (χ2v) is 4.83. The van der Waals surface area contributed by atoms with Crippen LogP contribution in [0.4, 0.5) is 5.69 Å². The van der Waals surface area contributed by atoms with Gasteiger partial charge in [0, 0.05) is 6.54 Å². The smallest absolute Gasteiger partial charge is 0.142 e. The van der Waals surface area contributed by atoms with Crippen LogP contribution in [0.2, 0.25) is 0 Å². The molecule has 0 amide bonds. The first kappa shape index (κ1) is 11.3. The number of ether oxygens (including phenoxy) is 1. The lowest BCUT2D eigenvalue weighted by molar-refractivity contribution is 0.271. The van der Waals surface area contributed by atoms with Gasteiger partial charge in [-0.3, -0.25) is 0 Å². The maximum atomic E-state index is 5.82. The molecule has 0 aliphatic carbocycles. The predicted octanol–water partition coefficient (Wildman–Crippen LogP) is 3.42. The minimum Gasteiger partial charge on any atom is -0.489 e. The minimum absolute atomic E-state index is 0.474. The number of fused-ring (bicyclic) bond motifs is 1. The Morgan fingerprint density at radius 1 is 1.44 bits per heavy atom. The molecule has 2 heteroatoms. The summed E-state index contributed by atoms with van der Waals surface area (Å²) in [5, 5.41) is 0. The van der Waals surface area contributed by atoms with Gasteiger partial charge in [0.1, 0.15) is 12.4 Å². The fourth-order valence-electron chi connectivity index (χ4n) is 2.26. The van der Waals surface area contributed by atoms with Crippen molar-refractivity contribution < 1.29 is 4.74 Å². The third-order valence-corrected chi connectivity index (χ3v) is 3.31. The van der Waals surface area contributed by atoms with Crippen molar-refractivity contribution in [1.82, 2.24) is 0 Å². The van der Waals surface area contributed by atoms with Crippen LogP contribution >= 0.6 is 0 Å². The van der Waals surface area contributed by atoms with Gasteiger partial charge in [0.2, 0.25) is 0 Å². The fraction of sp³-hybridized carbons (Fsp3) is 0.571. The van der Waals surface area contributed by atoms with E-state index in [1.807, 2.05) is 0 Å². The second-order valence-electron chi connectivity index (χ2n) is 4.83. The van der Waals surface area contributed by atoms with E-state index in [0.29, 0.717) is 12.0 Å². The van der Waals surface area contributed by atoms with E-state index in [-0.39, 0.29) is 0 Å². The molecule has 0 saturated carbocycles. The summed E-state index contributed by atoms with van der Waals surface area (Å²) in [6.45, 7) is 10.7. The van der Waals surface area contributed by atoms with Gasteiger partial charge in [0.05, 0.1) is 11.7 Å². The summed E-state index contributed by atoms with van der Waals surface area (Å²) in [7, 11) is 0. The summed E-state index contributed by atoms with van der Waals surface area (Å²) < 4.78 is 5.82. The lowest BCUT2D eigenvalue weighted by atomic mass is 10.0. The van der Waals surface area contributed by atoms with Crippen LogP contribution in [0.25, 0.3) is 0 Å². The van der Waals surface area contributed by atoms with Gasteiger partial charge >= 0.3 is 0 Å². The first-order valence-corrected chi connectivity index (χ1v) is 6.16. The van der Waals surface area contributed by atoms with Crippen LogP contribution in [0.5, 0.6) is 5.75 Å². The molecule has 2 nitrogen and oxygen atoms in total. The lowest BCUT2D eigenvalue weighted by Crippen LogP contribution is -2.40. The van der Waals surface area contributed by atoms with E-state index in [1.54, 1.807) is 0 Å². The summed E-state index contributed by atoms with van der Waals surface area (Å²) in [5.41, 5.74) is 2.59. The molecular formula is C14H21NO. The van der Waals surface area contributed by atoms with E-state index in [9.17, 15) is 0 Å². The average molecular weight is 219 g/mol. The Morgan fingerprint density at radius 3 is 2.81 bits per heavy atom. The van der Waals surface area contributed by atoms with Crippen LogP contribution in [0, 0.1) is 0 Å². The number of nitrogens with zero attached hydrogens (tertiary/aromatic N) is 1. The molecule has 1 atom stereocenters. The van der Waals surface area contributed by atoms with Crippen LogP contribution < -0.4 is 9.64 Å². The largest absolute Gasteiger partial charge is 0.489 e. The number of hydrogen-bond acceptors (Lipinski definition) is 2. The van der Waals surface area contributed by atoms with Gasteiger partial charge in [-0.05, 0) is 37.5 Å². The first-order valence-electron chi connectivity index (χ1n) is 6.16. The number of rotatable bonds is 2. The molecule has 0 aromatic heterocycles. The van der Waals surface area contributed by atoms with Gasteiger partial charge in [-0.2, -0.15) is 0 Å². The Morgan fingerprint density at radius 2 is 2.19 bits per heavy atom. The number of anilines is 1. The Kier molecular flexibility index (Phi) is 3.08. The first-order chi connectivity index (χ1) is 7.63. The van der Waals surface area contributed by atoms with E-state index >= 15 is 0 Å². The molecule has 1 aliphatic rings. The van der Waals surface area contributed by atoms with Gasteiger partial charge in [-0.15, -0.1) is 0 Å². The number of likely N-dealkylation sites (N-methyl/N-ethyl adjacent to an activating group) is 1. The predicted molar refractivity (Wildman–Crippen MR) is 68.5 cm³/mol. The highest BCUT2D eigenvalue weighted by atomic mass is 16.5. The molecule has 0 spiro atoms. The molecule has 0 radical (unpaired) electrons. The monoisotopic (exact) mass is 219 g/mol. The third-order valence-electron chi connectivity index (χ3n) is 3.31. The van der Waals surface area contributed by atoms with E-state index in [0.717, 1.165) is 18.9 Å². The van der Waals surface area contributed by atoms with Gasteiger partial charge in [0.15, 0.2) is 0 Å². The SMILES string of the molecule is CCN1c2ccc(C(C)C)cc2OCC1C. The van der Waals surface area contributed by atoms with E-state index in [4.69, 9.17) is 4.74 Å². The summed E-state index contributed by atoms with van der Waals surface area (Å²) in [5.74, 6) is 1.61. The molecule has 1 aliphatic heterocycles. The van der Waals surface area contributed by atoms with Crippen LogP contribution in [-0.2, 0) is 0 Å². The topological polar surface area (TPSA) is 12.5 Å². The van der Waals surface area contributed by atoms with Crippen LogP contribution in [0.15, 0.2) is 18.2 Å². The standard InChI is InChI=1S/C14H21NO/c1-5-15-11(4)9-16-14-8-12(10(2)3)6-7-13(14)15/h6-8,10-11H,5,9H2,1-4H3. The zero-order chi connectivity index (χ0) is 11.7. The van der Waals surface area contributed by atoms with Gasteiger partial charge in [0.25, 0.3) is 0 Å². The fourth-order valence-corrected chi connectivity index (χ4v) is 2.26.